The van der Waals surface area contributed by atoms with Gasteiger partial charge in [-0.2, -0.15) is 4.98 Å². The maximum absolute atomic E-state index is 12.5. The van der Waals surface area contributed by atoms with Crippen molar-refractivity contribution in [3.63, 3.8) is 0 Å². The molecule has 3 heterocycles. The summed E-state index contributed by atoms with van der Waals surface area (Å²) in [6, 6.07) is 10.9. The molecule has 0 bridgehead atoms. The van der Waals surface area contributed by atoms with Crippen LogP contribution in [0.3, 0.4) is 0 Å². The molecular weight excluding hydrogens is 408 g/mol. The molecular formula is C20H18N4O3S2. The largest absolute Gasteiger partial charge is 0.494 e. The van der Waals surface area contributed by atoms with Crippen molar-refractivity contribution in [2.24, 2.45) is 0 Å². The van der Waals surface area contributed by atoms with Gasteiger partial charge in [-0.1, -0.05) is 29.5 Å². The Balaban J connectivity index is 1.47. The number of rotatable bonds is 7. The highest BCUT2D eigenvalue weighted by Gasteiger charge is 2.19. The molecule has 1 N–H and O–H groups in total. The topological polar surface area (TPSA) is 90.1 Å². The number of thiophene rings is 1. The van der Waals surface area contributed by atoms with Crippen LogP contribution in [0.15, 0.2) is 46.3 Å². The number of thiazole rings is 1. The van der Waals surface area contributed by atoms with E-state index in [1.807, 2.05) is 31.4 Å². The minimum Gasteiger partial charge on any atom is -0.494 e. The lowest BCUT2D eigenvalue weighted by atomic mass is 10.2. The summed E-state index contributed by atoms with van der Waals surface area (Å²) in [7, 11) is 0. The average Bonchev–Trinajstić information content (AvgIpc) is 3.47. The highest BCUT2D eigenvalue weighted by atomic mass is 32.1. The quantitative estimate of drug-likeness (QED) is 0.433. The van der Waals surface area contributed by atoms with E-state index in [0.29, 0.717) is 29.0 Å². The van der Waals surface area contributed by atoms with Crippen molar-refractivity contribution >= 4 is 33.7 Å². The number of anilines is 1. The molecule has 0 unspecified atom stereocenters. The van der Waals surface area contributed by atoms with E-state index >= 15 is 0 Å². The van der Waals surface area contributed by atoms with Crippen LogP contribution in [0, 0.1) is 6.92 Å². The Labute approximate surface area is 175 Å². The lowest BCUT2D eigenvalue weighted by Crippen LogP contribution is -2.11. The van der Waals surface area contributed by atoms with Crippen molar-refractivity contribution in [2.75, 3.05) is 11.9 Å². The average molecular weight is 427 g/mol. The molecule has 4 aromatic rings. The summed E-state index contributed by atoms with van der Waals surface area (Å²) in [5, 5.41) is 9.29. The Morgan fingerprint density at radius 1 is 1.21 bits per heavy atom. The second-order valence-corrected chi connectivity index (χ2v) is 8.11. The lowest BCUT2D eigenvalue weighted by molar-refractivity contribution is 0.102. The summed E-state index contributed by atoms with van der Waals surface area (Å²) in [5.41, 5.74) is 1.25. The van der Waals surface area contributed by atoms with Crippen molar-refractivity contribution in [3.05, 3.63) is 53.0 Å². The normalized spacial score (nSPS) is 10.8. The lowest BCUT2D eigenvalue weighted by Gasteiger charge is -2.05. The molecule has 0 fully saturated rings. The molecule has 0 aliphatic rings. The molecule has 0 aliphatic heterocycles. The Morgan fingerprint density at radius 2 is 2.03 bits per heavy atom. The number of nitrogens with one attached hydrogen (secondary N) is 1. The number of carbonyl (C=O) groups is 1. The van der Waals surface area contributed by atoms with E-state index in [-0.39, 0.29) is 5.91 Å². The minimum atomic E-state index is -0.239. The third-order valence-electron chi connectivity index (χ3n) is 3.97. The van der Waals surface area contributed by atoms with Gasteiger partial charge in [0, 0.05) is 5.56 Å². The van der Waals surface area contributed by atoms with Gasteiger partial charge in [-0.05, 0) is 49.1 Å². The summed E-state index contributed by atoms with van der Waals surface area (Å²) in [6.45, 7) is 4.54. The maximum atomic E-state index is 12.5. The van der Waals surface area contributed by atoms with Crippen LogP contribution < -0.4 is 10.1 Å². The van der Waals surface area contributed by atoms with E-state index in [9.17, 15) is 4.79 Å². The molecule has 148 valence electrons. The highest BCUT2D eigenvalue weighted by molar-refractivity contribution is 7.19. The van der Waals surface area contributed by atoms with Crippen molar-refractivity contribution in [1.82, 2.24) is 15.1 Å². The van der Waals surface area contributed by atoms with Gasteiger partial charge in [-0.15, -0.1) is 11.3 Å². The monoisotopic (exact) mass is 426 g/mol. The molecule has 0 saturated carbocycles. The van der Waals surface area contributed by atoms with Crippen LogP contribution in [0.1, 0.15) is 29.4 Å². The number of amides is 1. The van der Waals surface area contributed by atoms with Crippen molar-refractivity contribution in [1.29, 1.82) is 0 Å². The van der Waals surface area contributed by atoms with Crippen LogP contribution in [-0.4, -0.2) is 27.6 Å². The molecule has 3 aromatic heterocycles. The summed E-state index contributed by atoms with van der Waals surface area (Å²) < 4.78 is 10.9. The highest BCUT2D eigenvalue weighted by Crippen LogP contribution is 2.33. The van der Waals surface area contributed by atoms with Gasteiger partial charge in [0.25, 0.3) is 11.8 Å². The van der Waals surface area contributed by atoms with Crippen LogP contribution in [0.2, 0.25) is 0 Å². The Morgan fingerprint density at radius 3 is 2.76 bits per heavy atom. The smallest absolute Gasteiger partial charge is 0.270 e. The summed E-state index contributed by atoms with van der Waals surface area (Å²) in [5.74, 6) is 1.44. The second kappa shape index (κ2) is 8.54. The van der Waals surface area contributed by atoms with Crippen LogP contribution in [0.25, 0.3) is 21.5 Å². The molecule has 7 nitrogen and oxygen atoms in total. The number of nitrogens with zero attached hydrogens (tertiary/aromatic N) is 3. The van der Waals surface area contributed by atoms with Crippen LogP contribution >= 0.6 is 22.7 Å². The number of hydrogen-bond donors (Lipinski definition) is 1. The van der Waals surface area contributed by atoms with Gasteiger partial charge in [0.2, 0.25) is 5.82 Å². The first-order chi connectivity index (χ1) is 14.1. The SMILES string of the molecule is CCCOc1ccc(C(=O)Nc2nc(C)c(-c3nc(-c4cccs4)no3)s2)cc1. The van der Waals surface area contributed by atoms with Gasteiger partial charge in [0.1, 0.15) is 10.6 Å². The molecule has 0 spiro atoms. The first-order valence-corrected chi connectivity index (χ1v) is 10.7. The molecule has 9 heteroatoms. The Kier molecular flexibility index (Phi) is 5.68. The fourth-order valence-corrected chi connectivity index (χ4v) is 4.09. The fourth-order valence-electron chi connectivity index (χ4n) is 2.56. The summed E-state index contributed by atoms with van der Waals surface area (Å²) in [4.78, 5) is 23.1. The van der Waals surface area contributed by atoms with Gasteiger partial charge in [-0.25, -0.2) is 4.98 Å². The third-order valence-corrected chi connectivity index (χ3v) is 5.89. The number of carbonyl (C=O) groups excluding carboxylic acids is 1. The minimum absolute atomic E-state index is 0.239. The summed E-state index contributed by atoms with van der Waals surface area (Å²) >= 11 is 2.84. The zero-order chi connectivity index (χ0) is 20.2. The molecule has 1 amide bonds. The van der Waals surface area contributed by atoms with E-state index in [0.717, 1.165) is 27.6 Å². The molecule has 0 atom stereocenters. The first kappa shape index (κ1) is 19.3. The number of hydrogen-bond acceptors (Lipinski definition) is 8. The zero-order valence-electron chi connectivity index (χ0n) is 15.8. The molecule has 29 heavy (non-hydrogen) atoms. The number of aromatic nitrogens is 3. The van der Waals surface area contributed by atoms with E-state index in [2.05, 4.69) is 20.4 Å². The maximum Gasteiger partial charge on any atom is 0.270 e. The second-order valence-electron chi connectivity index (χ2n) is 6.16. The Hall–Kier alpha value is -3.04. The molecule has 4 rings (SSSR count). The zero-order valence-corrected chi connectivity index (χ0v) is 17.5. The van der Waals surface area contributed by atoms with Crippen LogP contribution in [0.5, 0.6) is 5.75 Å². The van der Waals surface area contributed by atoms with E-state index < -0.39 is 0 Å². The van der Waals surface area contributed by atoms with Gasteiger partial charge < -0.3 is 9.26 Å². The third kappa shape index (κ3) is 4.36. The number of ether oxygens (including phenoxy) is 1. The van der Waals surface area contributed by atoms with Crippen molar-refractivity contribution < 1.29 is 14.1 Å². The standard InChI is InChI=1S/C20H18N4O3S2/c1-3-10-26-14-8-6-13(7-9-14)18(25)23-20-21-12(2)16(29-20)19-22-17(24-27-19)15-5-4-11-28-15/h4-9,11H,3,10H2,1-2H3,(H,21,23,25). The molecule has 0 saturated heterocycles. The fraction of sp³-hybridized carbons (Fsp3) is 0.200. The molecule has 0 aliphatic carbocycles. The van der Waals surface area contributed by atoms with Gasteiger partial charge >= 0.3 is 0 Å². The predicted octanol–water partition coefficient (Wildman–Crippen LogP) is 5.27. The van der Waals surface area contributed by atoms with E-state index in [4.69, 9.17) is 9.26 Å². The predicted molar refractivity (Wildman–Crippen MR) is 114 cm³/mol. The van der Waals surface area contributed by atoms with Gasteiger partial charge in [-0.3, -0.25) is 10.1 Å². The Bertz CT molecular complexity index is 1100. The first-order valence-electron chi connectivity index (χ1n) is 9.03. The van der Waals surface area contributed by atoms with Gasteiger partial charge in [0.15, 0.2) is 5.13 Å². The molecule has 0 radical (unpaired) electrons. The number of benzene rings is 1. The summed E-state index contributed by atoms with van der Waals surface area (Å²) in [6.07, 6.45) is 0.933. The van der Waals surface area contributed by atoms with Crippen molar-refractivity contribution in [2.45, 2.75) is 20.3 Å². The number of aryl methyl sites for hydroxylation is 1. The molecule has 1 aromatic carbocycles. The van der Waals surface area contributed by atoms with E-state index in [1.165, 1.54) is 11.3 Å². The van der Waals surface area contributed by atoms with Gasteiger partial charge in [0.05, 0.1) is 17.2 Å². The van der Waals surface area contributed by atoms with Crippen LogP contribution in [-0.2, 0) is 0 Å². The van der Waals surface area contributed by atoms with E-state index in [1.54, 1.807) is 35.6 Å². The van der Waals surface area contributed by atoms with Crippen LogP contribution in [0.4, 0.5) is 5.13 Å². The van der Waals surface area contributed by atoms with Crippen molar-refractivity contribution in [3.8, 4) is 27.2 Å².